The van der Waals surface area contributed by atoms with E-state index in [1.807, 2.05) is 0 Å². The second-order valence-electron chi connectivity index (χ2n) is 4.70. The van der Waals surface area contributed by atoms with Gasteiger partial charge in [-0.2, -0.15) is 0 Å². The molecule has 0 amide bonds. The van der Waals surface area contributed by atoms with E-state index in [-0.39, 0.29) is 0 Å². The summed E-state index contributed by atoms with van der Waals surface area (Å²) in [5, 5.41) is 9.37. The summed E-state index contributed by atoms with van der Waals surface area (Å²) in [5.41, 5.74) is 0. The summed E-state index contributed by atoms with van der Waals surface area (Å²) < 4.78 is 24.6. The second kappa shape index (κ2) is 7.38. The molecule has 10 heteroatoms. The van der Waals surface area contributed by atoms with Crippen molar-refractivity contribution in [2.24, 2.45) is 0 Å². The van der Waals surface area contributed by atoms with E-state index in [0.29, 0.717) is 0 Å². The van der Waals surface area contributed by atoms with E-state index in [1.165, 1.54) is 0 Å². The highest BCUT2D eigenvalue weighted by Gasteiger charge is 2.67. The van der Waals surface area contributed by atoms with E-state index >= 15 is 0 Å². The number of methoxy groups -OCH3 is 1. The van der Waals surface area contributed by atoms with Crippen LogP contribution in [0.25, 0.3) is 0 Å². The molecule has 1 unspecified atom stereocenters. The largest absolute Gasteiger partial charge is 0.464 e. The van der Waals surface area contributed by atoms with Gasteiger partial charge in [-0.05, 0) is 0 Å². The third kappa shape index (κ3) is 3.96. The van der Waals surface area contributed by atoms with E-state index < -0.39 is 54.6 Å². The zero-order valence-electron chi connectivity index (χ0n) is 13.1. The molecule has 0 aromatic heterocycles. The quantitative estimate of drug-likeness (QED) is 0.476. The fraction of sp³-hybridized carbons (Fsp3) is 0.692. The minimum absolute atomic E-state index is 0.699. The predicted molar refractivity (Wildman–Crippen MR) is 69.6 cm³/mol. The highest BCUT2D eigenvalue weighted by molar-refractivity contribution is 5.83. The first kappa shape index (κ1) is 18.8. The highest BCUT2D eigenvalue weighted by Crippen LogP contribution is 2.38. The zero-order chi connectivity index (χ0) is 17.8. The van der Waals surface area contributed by atoms with Gasteiger partial charge in [-0.3, -0.25) is 14.4 Å². The molecule has 1 saturated heterocycles. The molecule has 10 nitrogen and oxygen atoms in total. The molecule has 0 aromatic rings. The normalized spacial score (nSPS) is 29.5. The van der Waals surface area contributed by atoms with Gasteiger partial charge in [0.15, 0.2) is 6.10 Å². The number of carbonyl (C=O) groups is 4. The van der Waals surface area contributed by atoms with Gasteiger partial charge in [0.05, 0.1) is 13.7 Å². The molecule has 0 bridgehead atoms. The second-order valence-corrected chi connectivity index (χ2v) is 4.70. The van der Waals surface area contributed by atoms with Crippen LogP contribution in [0.1, 0.15) is 20.8 Å². The van der Waals surface area contributed by atoms with Crippen molar-refractivity contribution in [2.45, 2.75) is 44.9 Å². The smallest absolute Gasteiger partial charge is 0.383 e. The number of rotatable bonds is 5. The van der Waals surface area contributed by atoms with Crippen molar-refractivity contribution in [1.82, 2.24) is 0 Å². The van der Waals surface area contributed by atoms with Gasteiger partial charge < -0.3 is 28.8 Å². The Bertz CT molecular complexity index is 501. The van der Waals surface area contributed by atoms with Crippen molar-refractivity contribution < 1.29 is 48.0 Å². The number of hydrogen-bond donors (Lipinski definition) is 1. The van der Waals surface area contributed by atoms with Crippen molar-refractivity contribution >= 4 is 23.9 Å². The summed E-state index contributed by atoms with van der Waals surface area (Å²) in [5.74, 6) is -6.24. The van der Waals surface area contributed by atoms with Crippen LogP contribution < -0.4 is 0 Å². The number of hydrogen-bond acceptors (Lipinski definition) is 10. The molecule has 130 valence electrons. The van der Waals surface area contributed by atoms with Gasteiger partial charge in [-0.25, -0.2) is 4.79 Å². The molecule has 1 rings (SSSR count). The lowest BCUT2D eigenvalue weighted by molar-refractivity contribution is -0.257. The minimum atomic E-state index is -2.49. The van der Waals surface area contributed by atoms with Crippen molar-refractivity contribution in [3.63, 3.8) is 0 Å². The topological polar surface area (TPSA) is 135 Å². The van der Waals surface area contributed by atoms with E-state index in [1.54, 1.807) is 0 Å². The molecule has 23 heavy (non-hydrogen) atoms. The summed E-state index contributed by atoms with van der Waals surface area (Å²) in [4.78, 5) is 46.1. The van der Waals surface area contributed by atoms with E-state index in [4.69, 9.17) is 18.9 Å². The van der Waals surface area contributed by atoms with Crippen LogP contribution in [0.15, 0.2) is 0 Å². The molecule has 1 aliphatic rings. The number of aliphatic hydroxyl groups is 1. The van der Waals surface area contributed by atoms with Crippen LogP contribution in [0.5, 0.6) is 0 Å². The van der Waals surface area contributed by atoms with Crippen LogP contribution in [0.3, 0.4) is 0 Å². The molecule has 0 radical (unpaired) electrons. The molecule has 1 heterocycles. The molecule has 4 atom stereocenters. The molecular weight excluding hydrogens is 316 g/mol. The third-order valence-corrected chi connectivity index (χ3v) is 2.91. The maximum absolute atomic E-state index is 12.1. The van der Waals surface area contributed by atoms with E-state index in [0.717, 1.165) is 27.9 Å². The Labute approximate surface area is 131 Å². The van der Waals surface area contributed by atoms with Crippen molar-refractivity contribution in [2.75, 3.05) is 13.7 Å². The summed E-state index contributed by atoms with van der Waals surface area (Å²) in [6, 6.07) is 0. The van der Waals surface area contributed by atoms with Gasteiger partial charge in [0.1, 0.15) is 6.10 Å². The monoisotopic (exact) mass is 334 g/mol. The number of ether oxygens (including phenoxy) is 5. The molecule has 1 fully saturated rings. The lowest BCUT2D eigenvalue weighted by Gasteiger charge is -2.30. The fourth-order valence-electron chi connectivity index (χ4n) is 2.21. The van der Waals surface area contributed by atoms with Crippen LogP contribution in [0.2, 0.25) is 0 Å². The Kier molecular flexibility index (Phi) is 6.05. The van der Waals surface area contributed by atoms with Crippen LogP contribution in [-0.4, -0.2) is 66.8 Å². The van der Waals surface area contributed by atoms with Crippen LogP contribution in [0.4, 0.5) is 0 Å². The molecule has 0 aromatic carbocycles. The number of esters is 4. The summed E-state index contributed by atoms with van der Waals surface area (Å²) in [7, 11) is 0.995. The van der Waals surface area contributed by atoms with E-state index in [9.17, 15) is 24.3 Å². The summed E-state index contributed by atoms with van der Waals surface area (Å²) in [6.45, 7) is 2.40. The van der Waals surface area contributed by atoms with Crippen LogP contribution in [0, 0.1) is 0 Å². The molecule has 0 aliphatic carbocycles. The predicted octanol–water partition coefficient (Wildman–Crippen LogP) is -1.33. The first-order valence-corrected chi connectivity index (χ1v) is 6.59. The van der Waals surface area contributed by atoms with Gasteiger partial charge in [-0.1, -0.05) is 0 Å². The molecule has 1 aliphatic heterocycles. The highest BCUT2D eigenvalue weighted by atomic mass is 16.8. The number of carbonyl (C=O) groups excluding carboxylic acids is 4. The molecule has 0 spiro atoms. The maximum atomic E-state index is 12.1. The van der Waals surface area contributed by atoms with Crippen LogP contribution >= 0.6 is 0 Å². The maximum Gasteiger partial charge on any atom is 0.383 e. The minimum Gasteiger partial charge on any atom is -0.464 e. The Morgan fingerprint density at radius 2 is 1.61 bits per heavy atom. The Balaban J connectivity index is 3.37. The van der Waals surface area contributed by atoms with Gasteiger partial charge in [0.2, 0.25) is 6.10 Å². The van der Waals surface area contributed by atoms with Crippen molar-refractivity contribution in [3.05, 3.63) is 0 Å². The van der Waals surface area contributed by atoms with Gasteiger partial charge in [0, 0.05) is 20.8 Å². The van der Waals surface area contributed by atoms with Gasteiger partial charge in [0.25, 0.3) is 0 Å². The lowest BCUT2D eigenvalue weighted by Crippen LogP contribution is -2.55. The van der Waals surface area contributed by atoms with Crippen molar-refractivity contribution in [1.29, 1.82) is 0 Å². The van der Waals surface area contributed by atoms with Gasteiger partial charge >= 0.3 is 29.7 Å². The lowest BCUT2D eigenvalue weighted by atomic mass is 10.0. The Hall–Kier alpha value is -2.20. The first-order valence-electron chi connectivity index (χ1n) is 6.59. The Morgan fingerprint density at radius 1 is 1.04 bits per heavy atom. The fourth-order valence-corrected chi connectivity index (χ4v) is 2.21. The Morgan fingerprint density at radius 3 is 2.00 bits per heavy atom. The average Bonchev–Trinajstić information content (AvgIpc) is 2.71. The van der Waals surface area contributed by atoms with E-state index in [2.05, 4.69) is 4.74 Å². The first-order chi connectivity index (χ1) is 10.7. The van der Waals surface area contributed by atoms with Crippen molar-refractivity contribution in [3.8, 4) is 0 Å². The zero-order valence-corrected chi connectivity index (χ0v) is 13.1. The standard InChI is InChI=1S/C13H18O10/c1-6(15)20-10-9(5-14)23-13(12(18)19-4,22-8(3)17)11(10)21-7(2)16/h9-11,14H,5H2,1-4H3/t9-,10-,11+,13?/m1/s1. The number of aliphatic hydroxyl groups excluding tert-OH is 1. The summed E-state index contributed by atoms with van der Waals surface area (Å²) >= 11 is 0. The van der Waals surface area contributed by atoms with Gasteiger partial charge in [-0.15, -0.1) is 0 Å². The third-order valence-electron chi connectivity index (χ3n) is 2.91. The molecular formula is C13H18O10. The van der Waals surface area contributed by atoms with Crippen LogP contribution in [-0.2, 0) is 42.9 Å². The summed E-state index contributed by atoms with van der Waals surface area (Å²) in [6.07, 6.45) is -4.29. The SMILES string of the molecule is COC(=O)C1(OC(C)=O)O[C@H](CO)[C@@H](OC(C)=O)[C@@H]1OC(C)=O. The molecule has 1 N–H and O–H groups in total. The molecule has 0 saturated carbocycles. The average molecular weight is 334 g/mol.